The van der Waals surface area contributed by atoms with Crippen molar-refractivity contribution in [2.24, 2.45) is 0 Å². The third-order valence-corrected chi connectivity index (χ3v) is 3.58. The number of aromatic carboxylic acids is 1. The van der Waals surface area contributed by atoms with E-state index in [0.29, 0.717) is 0 Å². The number of carboxylic acids is 1. The zero-order valence-electron chi connectivity index (χ0n) is 8.05. The quantitative estimate of drug-likeness (QED) is 0.747. The van der Waals surface area contributed by atoms with Gasteiger partial charge in [0.1, 0.15) is 5.82 Å². The Morgan fingerprint density at radius 3 is 2.50 bits per heavy atom. The lowest BCUT2D eigenvalue weighted by molar-refractivity contribution is 0.0691. The molecule has 0 aliphatic carbocycles. The summed E-state index contributed by atoms with van der Waals surface area (Å²) in [7, 11) is -3.76. The maximum absolute atomic E-state index is 13.0. The van der Waals surface area contributed by atoms with Gasteiger partial charge in [0, 0.05) is 0 Å². The van der Waals surface area contributed by atoms with E-state index < -0.39 is 39.5 Å². The third kappa shape index (κ3) is 2.56. The Bertz CT molecular complexity index is 509. The fourth-order valence-electron chi connectivity index (χ4n) is 1.10. The van der Waals surface area contributed by atoms with Crippen LogP contribution in [0.2, 0.25) is 0 Å². The molecule has 0 aromatic heterocycles. The number of hydrogen-bond donors (Lipinski definition) is 2. The predicted molar refractivity (Wildman–Crippen MR) is 52.5 cm³/mol. The van der Waals surface area contributed by atoms with E-state index in [1.807, 2.05) is 0 Å². The normalized spacial score (nSPS) is 11.4. The van der Waals surface area contributed by atoms with Crippen molar-refractivity contribution in [2.45, 2.75) is 4.90 Å². The molecule has 88 valence electrons. The van der Waals surface area contributed by atoms with Crippen molar-refractivity contribution < 1.29 is 27.8 Å². The van der Waals surface area contributed by atoms with Crippen molar-refractivity contribution in [2.75, 3.05) is 12.4 Å². The van der Waals surface area contributed by atoms with Crippen molar-refractivity contribution in [3.05, 3.63) is 29.6 Å². The summed E-state index contributed by atoms with van der Waals surface area (Å²) in [5, 5.41) is 17.1. The number of carbonyl (C=O) groups is 1. The summed E-state index contributed by atoms with van der Waals surface area (Å²) >= 11 is 0. The Labute approximate surface area is 91.1 Å². The van der Waals surface area contributed by atoms with E-state index in [4.69, 9.17) is 10.2 Å². The van der Waals surface area contributed by atoms with Crippen molar-refractivity contribution >= 4 is 15.8 Å². The van der Waals surface area contributed by atoms with Crippen molar-refractivity contribution in [3.63, 3.8) is 0 Å². The first-order valence-corrected chi connectivity index (χ1v) is 5.90. The van der Waals surface area contributed by atoms with E-state index in [1.165, 1.54) is 0 Å². The second-order valence-corrected chi connectivity index (χ2v) is 5.10. The van der Waals surface area contributed by atoms with Gasteiger partial charge in [-0.05, 0) is 18.2 Å². The molecular formula is C9H9FO5S. The van der Waals surface area contributed by atoms with E-state index in [0.717, 1.165) is 18.2 Å². The highest BCUT2D eigenvalue weighted by atomic mass is 32.2. The van der Waals surface area contributed by atoms with Gasteiger partial charge in [0.25, 0.3) is 0 Å². The smallest absolute Gasteiger partial charge is 0.338 e. The first kappa shape index (κ1) is 12.6. The van der Waals surface area contributed by atoms with Crippen LogP contribution in [0.5, 0.6) is 0 Å². The second kappa shape index (κ2) is 4.58. The molecule has 0 bridgehead atoms. The first-order valence-electron chi connectivity index (χ1n) is 4.25. The van der Waals surface area contributed by atoms with Crippen LogP contribution in [-0.4, -0.2) is 37.0 Å². The molecule has 1 rings (SSSR count). The van der Waals surface area contributed by atoms with Crippen molar-refractivity contribution in [3.8, 4) is 0 Å². The molecule has 0 aliphatic rings. The fraction of sp³-hybridized carbons (Fsp3) is 0.222. The number of rotatable bonds is 4. The molecule has 0 spiro atoms. The summed E-state index contributed by atoms with van der Waals surface area (Å²) in [5.74, 6) is -3.08. The molecule has 5 nitrogen and oxygen atoms in total. The number of halogens is 1. The SMILES string of the molecule is O=C(O)c1cc(S(=O)(=O)CCO)ccc1F. The van der Waals surface area contributed by atoms with E-state index in [-0.39, 0.29) is 4.90 Å². The molecule has 0 saturated carbocycles. The number of aliphatic hydroxyl groups excluding tert-OH is 1. The van der Waals surface area contributed by atoms with E-state index >= 15 is 0 Å². The minimum atomic E-state index is -3.76. The molecule has 0 radical (unpaired) electrons. The summed E-state index contributed by atoms with van der Waals surface area (Å²) < 4.78 is 35.9. The average molecular weight is 248 g/mol. The maximum Gasteiger partial charge on any atom is 0.338 e. The van der Waals surface area contributed by atoms with Crippen LogP contribution in [0.4, 0.5) is 4.39 Å². The van der Waals surface area contributed by atoms with Gasteiger partial charge >= 0.3 is 5.97 Å². The highest BCUT2D eigenvalue weighted by Crippen LogP contribution is 2.16. The summed E-state index contributed by atoms with van der Waals surface area (Å²) in [6.45, 7) is -0.581. The number of hydrogen-bond acceptors (Lipinski definition) is 4. The fourth-order valence-corrected chi connectivity index (χ4v) is 2.15. The molecule has 0 amide bonds. The standard InChI is InChI=1S/C9H9FO5S/c10-8-2-1-6(5-7(8)9(12)13)16(14,15)4-3-11/h1-2,5,11H,3-4H2,(H,12,13). The summed E-state index contributed by atoms with van der Waals surface area (Å²) in [5.41, 5.74) is -0.709. The predicted octanol–water partition coefficient (Wildman–Crippen LogP) is 0.290. The Kier molecular flexibility index (Phi) is 3.61. The minimum absolute atomic E-state index is 0.319. The Morgan fingerprint density at radius 2 is 2.00 bits per heavy atom. The highest BCUT2D eigenvalue weighted by molar-refractivity contribution is 7.91. The van der Waals surface area contributed by atoms with Gasteiger partial charge in [-0.3, -0.25) is 0 Å². The van der Waals surface area contributed by atoms with Gasteiger partial charge in [-0.1, -0.05) is 0 Å². The molecule has 0 aliphatic heterocycles. The van der Waals surface area contributed by atoms with Gasteiger partial charge in [-0.2, -0.15) is 0 Å². The maximum atomic E-state index is 13.0. The van der Waals surface area contributed by atoms with Crippen LogP contribution in [0.25, 0.3) is 0 Å². The van der Waals surface area contributed by atoms with Gasteiger partial charge in [0.05, 0.1) is 22.8 Å². The van der Waals surface area contributed by atoms with Crippen molar-refractivity contribution in [1.82, 2.24) is 0 Å². The van der Waals surface area contributed by atoms with Crippen LogP contribution in [-0.2, 0) is 9.84 Å². The van der Waals surface area contributed by atoms with Crippen LogP contribution in [0.1, 0.15) is 10.4 Å². The zero-order valence-corrected chi connectivity index (χ0v) is 8.87. The van der Waals surface area contributed by atoms with Gasteiger partial charge in [-0.25, -0.2) is 17.6 Å². The molecule has 7 heteroatoms. The lowest BCUT2D eigenvalue weighted by Crippen LogP contribution is -2.11. The van der Waals surface area contributed by atoms with Crippen LogP contribution < -0.4 is 0 Å². The van der Waals surface area contributed by atoms with Gasteiger partial charge in [0.15, 0.2) is 9.84 Å². The van der Waals surface area contributed by atoms with Crippen molar-refractivity contribution in [1.29, 1.82) is 0 Å². The minimum Gasteiger partial charge on any atom is -0.478 e. The van der Waals surface area contributed by atoms with Crippen LogP contribution in [0.15, 0.2) is 23.1 Å². The Balaban J connectivity index is 3.28. The second-order valence-electron chi connectivity index (χ2n) is 2.99. The lowest BCUT2D eigenvalue weighted by atomic mass is 10.2. The van der Waals surface area contributed by atoms with E-state index in [9.17, 15) is 17.6 Å². The molecule has 16 heavy (non-hydrogen) atoms. The first-order chi connectivity index (χ1) is 7.38. The molecule has 0 unspecified atom stereocenters. The van der Waals surface area contributed by atoms with Crippen LogP contribution >= 0.6 is 0 Å². The van der Waals surface area contributed by atoms with Gasteiger partial charge < -0.3 is 10.2 Å². The Hall–Kier alpha value is -1.47. The Morgan fingerprint density at radius 1 is 1.38 bits per heavy atom. The molecule has 0 atom stereocenters. The molecule has 1 aromatic carbocycles. The zero-order chi connectivity index (χ0) is 12.3. The third-order valence-electron chi connectivity index (χ3n) is 1.89. The van der Waals surface area contributed by atoms with Crippen LogP contribution in [0, 0.1) is 5.82 Å². The topological polar surface area (TPSA) is 91.7 Å². The van der Waals surface area contributed by atoms with E-state index in [2.05, 4.69) is 0 Å². The van der Waals surface area contributed by atoms with Crippen LogP contribution in [0.3, 0.4) is 0 Å². The number of sulfone groups is 1. The summed E-state index contributed by atoms with van der Waals surface area (Å²) in [6.07, 6.45) is 0. The molecule has 1 aromatic rings. The lowest BCUT2D eigenvalue weighted by Gasteiger charge is -2.04. The summed E-state index contributed by atoms with van der Waals surface area (Å²) in [4.78, 5) is 10.3. The van der Waals surface area contributed by atoms with E-state index in [1.54, 1.807) is 0 Å². The molecule has 0 heterocycles. The monoisotopic (exact) mass is 248 g/mol. The number of benzene rings is 1. The van der Waals surface area contributed by atoms with Gasteiger partial charge in [0.2, 0.25) is 0 Å². The number of carboxylic acid groups (broad SMARTS) is 1. The number of aliphatic hydroxyl groups is 1. The molecule has 0 fully saturated rings. The molecular weight excluding hydrogens is 239 g/mol. The highest BCUT2D eigenvalue weighted by Gasteiger charge is 2.18. The van der Waals surface area contributed by atoms with Gasteiger partial charge in [-0.15, -0.1) is 0 Å². The largest absolute Gasteiger partial charge is 0.478 e. The summed E-state index contributed by atoms with van der Waals surface area (Å²) in [6, 6.07) is 2.48. The molecule has 2 N–H and O–H groups in total. The average Bonchev–Trinajstić information content (AvgIpc) is 2.17. The molecule has 0 saturated heterocycles.